The van der Waals surface area contributed by atoms with E-state index in [1.165, 1.54) is 15.6 Å². The monoisotopic (exact) mass is 621 g/mol. The van der Waals surface area contributed by atoms with Crippen molar-refractivity contribution in [2.45, 2.75) is 4.90 Å². The number of fused-ring (bicyclic) bond motifs is 1. The van der Waals surface area contributed by atoms with E-state index in [1.54, 1.807) is 24.3 Å². The van der Waals surface area contributed by atoms with Crippen molar-refractivity contribution in [3.05, 3.63) is 99.2 Å². The number of nitrogens with zero attached hydrogens (tertiary/aromatic N) is 4. The summed E-state index contributed by atoms with van der Waals surface area (Å²) < 4.78 is 35.5. The molecule has 0 bridgehead atoms. The molecule has 198 valence electrons. The average molecular weight is 623 g/mol. The van der Waals surface area contributed by atoms with E-state index in [1.807, 2.05) is 64.9 Å². The maximum atomic E-state index is 13.0. The first-order valence-electron chi connectivity index (χ1n) is 12.3. The zero-order chi connectivity index (χ0) is 26.8. The summed E-state index contributed by atoms with van der Waals surface area (Å²) >= 11 is 5.03. The topological polar surface area (TPSA) is 92.0 Å². The summed E-state index contributed by atoms with van der Waals surface area (Å²) in [6, 6.07) is 22.8. The molecule has 39 heavy (non-hydrogen) atoms. The number of ether oxygens (including phenoxy) is 1. The van der Waals surface area contributed by atoms with Gasteiger partial charge in [-0.25, -0.2) is 18.1 Å². The number of sulfonamides is 1. The Morgan fingerprint density at radius 3 is 2.59 bits per heavy atom. The van der Waals surface area contributed by atoms with Crippen molar-refractivity contribution >= 4 is 60.1 Å². The fourth-order valence-corrected chi connectivity index (χ4v) is 7.06. The molecule has 1 saturated heterocycles. The van der Waals surface area contributed by atoms with E-state index < -0.39 is 10.0 Å². The maximum Gasteiger partial charge on any atom is 0.243 e. The van der Waals surface area contributed by atoms with E-state index in [2.05, 4.69) is 27.0 Å². The van der Waals surface area contributed by atoms with Crippen molar-refractivity contribution < 1.29 is 13.2 Å². The first-order valence-corrected chi connectivity index (χ1v) is 15.4. The molecule has 8 nitrogen and oxygen atoms in total. The van der Waals surface area contributed by atoms with Crippen molar-refractivity contribution in [1.82, 2.24) is 14.0 Å². The van der Waals surface area contributed by atoms with Gasteiger partial charge >= 0.3 is 0 Å². The highest BCUT2D eigenvalue weighted by Gasteiger charge is 2.26. The number of aromatic nitrogens is 2. The molecule has 11 heteroatoms. The van der Waals surface area contributed by atoms with Gasteiger partial charge in [0, 0.05) is 51.2 Å². The van der Waals surface area contributed by atoms with Crippen LogP contribution in [0, 0.1) is 0 Å². The van der Waals surface area contributed by atoms with Gasteiger partial charge in [0.15, 0.2) is 0 Å². The van der Waals surface area contributed by atoms with Crippen LogP contribution in [0.25, 0.3) is 22.2 Å². The largest absolute Gasteiger partial charge is 0.379 e. The second-order valence-electron chi connectivity index (χ2n) is 8.88. The van der Waals surface area contributed by atoms with Gasteiger partial charge in [0.1, 0.15) is 0 Å². The fraction of sp³-hybridized carbons (Fsp3) is 0.143. The van der Waals surface area contributed by atoms with E-state index in [0.29, 0.717) is 36.8 Å². The Morgan fingerprint density at radius 1 is 1.00 bits per heavy atom. The highest BCUT2D eigenvalue weighted by atomic mass is 79.9. The van der Waals surface area contributed by atoms with E-state index in [4.69, 9.17) is 14.8 Å². The van der Waals surface area contributed by atoms with E-state index >= 15 is 0 Å². The Bertz CT molecular complexity index is 1830. The third-order valence-corrected chi connectivity index (χ3v) is 9.63. The number of halogens is 1. The van der Waals surface area contributed by atoms with Crippen LogP contribution in [-0.2, 0) is 14.8 Å². The normalized spacial score (nSPS) is 15.5. The minimum Gasteiger partial charge on any atom is -0.379 e. The highest BCUT2D eigenvalue weighted by molar-refractivity contribution is 9.10. The van der Waals surface area contributed by atoms with Crippen LogP contribution in [-0.4, -0.2) is 54.9 Å². The molecule has 0 spiro atoms. The Labute approximate surface area is 238 Å². The molecule has 3 aromatic carbocycles. The summed E-state index contributed by atoms with van der Waals surface area (Å²) in [4.78, 5) is 9.01. The quantitative estimate of drug-likeness (QED) is 0.250. The zero-order valence-electron chi connectivity index (χ0n) is 20.7. The Hall–Kier alpha value is -3.35. The lowest BCUT2D eigenvalue weighted by Gasteiger charge is -2.26. The van der Waals surface area contributed by atoms with Crippen molar-refractivity contribution in [3.8, 4) is 11.3 Å². The predicted molar refractivity (Wildman–Crippen MR) is 158 cm³/mol. The van der Waals surface area contributed by atoms with Crippen molar-refractivity contribution in [2.24, 2.45) is 10.1 Å². The SMILES string of the molecule is O=S(=O)(c1ccc(N=c2scc(-c3cccc(Br)c3)n2N=Cc2c[nH]c3ccccc23)cc1)N1CCOCC1. The van der Waals surface area contributed by atoms with Gasteiger partial charge in [-0.05, 0) is 42.5 Å². The molecule has 0 aliphatic carbocycles. The predicted octanol–water partition coefficient (Wildman–Crippen LogP) is 5.60. The maximum absolute atomic E-state index is 13.0. The number of para-hydroxylation sites is 1. The first-order chi connectivity index (χ1) is 19.0. The van der Waals surface area contributed by atoms with Crippen LogP contribution in [0.1, 0.15) is 5.56 Å². The van der Waals surface area contributed by atoms with Gasteiger partial charge in [-0.15, -0.1) is 11.3 Å². The molecular formula is C28H24BrN5O3S2. The lowest BCUT2D eigenvalue weighted by molar-refractivity contribution is 0.0730. The fourth-order valence-electron chi connectivity index (χ4n) is 4.39. The second kappa shape index (κ2) is 11.0. The van der Waals surface area contributed by atoms with Crippen LogP contribution in [0.3, 0.4) is 0 Å². The summed E-state index contributed by atoms with van der Waals surface area (Å²) in [5.74, 6) is 0. The van der Waals surface area contributed by atoms with Crippen molar-refractivity contribution in [2.75, 3.05) is 26.3 Å². The van der Waals surface area contributed by atoms with Gasteiger partial charge in [0.25, 0.3) is 0 Å². The van der Waals surface area contributed by atoms with E-state index in [-0.39, 0.29) is 4.90 Å². The second-order valence-corrected chi connectivity index (χ2v) is 12.6. The van der Waals surface area contributed by atoms with E-state index in [0.717, 1.165) is 32.2 Å². The summed E-state index contributed by atoms with van der Waals surface area (Å²) in [5, 5.41) is 7.94. The van der Waals surface area contributed by atoms with Crippen molar-refractivity contribution in [1.29, 1.82) is 0 Å². The average Bonchev–Trinajstić information content (AvgIpc) is 3.56. The number of morpholine rings is 1. The molecule has 1 aliphatic rings. The molecule has 1 aliphatic heterocycles. The Morgan fingerprint density at radius 2 is 1.79 bits per heavy atom. The number of rotatable bonds is 6. The minimum absolute atomic E-state index is 0.245. The Balaban J connectivity index is 1.39. The van der Waals surface area contributed by atoms with Gasteiger partial charge < -0.3 is 9.72 Å². The molecule has 0 amide bonds. The molecule has 1 N–H and O–H groups in total. The van der Waals surface area contributed by atoms with Crippen LogP contribution >= 0.6 is 27.3 Å². The lowest BCUT2D eigenvalue weighted by Crippen LogP contribution is -2.40. The van der Waals surface area contributed by atoms with Gasteiger partial charge in [-0.3, -0.25) is 0 Å². The van der Waals surface area contributed by atoms with Crippen molar-refractivity contribution in [3.63, 3.8) is 0 Å². The van der Waals surface area contributed by atoms with Gasteiger partial charge in [-0.2, -0.15) is 9.41 Å². The van der Waals surface area contributed by atoms with Crippen LogP contribution in [0.5, 0.6) is 0 Å². The molecule has 6 rings (SSSR count). The number of H-pyrrole nitrogens is 1. The molecular weight excluding hydrogens is 598 g/mol. The van der Waals surface area contributed by atoms with Gasteiger partial charge in [0.2, 0.25) is 14.8 Å². The summed E-state index contributed by atoms with van der Waals surface area (Å²) in [6.07, 6.45) is 3.76. The van der Waals surface area contributed by atoms with Crippen LogP contribution in [0.15, 0.2) is 104 Å². The Kier molecular flexibility index (Phi) is 7.32. The van der Waals surface area contributed by atoms with Crippen LogP contribution < -0.4 is 4.80 Å². The number of aromatic amines is 1. The number of nitrogens with one attached hydrogen (secondary N) is 1. The summed E-state index contributed by atoms with van der Waals surface area (Å²) in [7, 11) is -3.57. The number of hydrogen-bond acceptors (Lipinski definition) is 6. The third-order valence-electron chi connectivity index (χ3n) is 6.41. The number of hydrogen-bond donors (Lipinski definition) is 1. The first kappa shape index (κ1) is 25.9. The van der Waals surface area contributed by atoms with Crippen LogP contribution in [0.2, 0.25) is 0 Å². The molecule has 0 saturated carbocycles. The zero-order valence-corrected chi connectivity index (χ0v) is 23.9. The standard InChI is InChI=1S/C28H24BrN5O3S2/c29-22-5-3-4-20(16-22)27-19-38-28(34(27)31-18-21-17-30-26-7-2-1-6-25(21)26)32-23-8-10-24(11-9-23)39(35,36)33-12-14-37-15-13-33/h1-11,16-19,30H,12-15H2. The number of benzene rings is 3. The van der Waals surface area contributed by atoms with Crippen LogP contribution in [0.4, 0.5) is 5.69 Å². The molecule has 5 aromatic rings. The molecule has 3 heterocycles. The summed E-state index contributed by atoms with van der Waals surface area (Å²) in [5.41, 5.74) is 4.52. The molecule has 0 radical (unpaired) electrons. The minimum atomic E-state index is -3.57. The van der Waals surface area contributed by atoms with Gasteiger partial charge in [-0.1, -0.05) is 46.3 Å². The van der Waals surface area contributed by atoms with E-state index in [9.17, 15) is 8.42 Å². The molecule has 0 unspecified atom stereocenters. The third kappa shape index (κ3) is 5.41. The molecule has 0 atom stereocenters. The molecule has 1 fully saturated rings. The number of thiazole rings is 1. The molecule has 2 aromatic heterocycles. The summed E-state index contributed by atoms with van der Waals surface area (Å²) in [6.45, 7) is 1.53. The van der Waals surface area contributed by atoms with Gasteiger partial charge in [0.05, 0.1) is 35.7 Å². The highest BCUT2D eigenvalue weighted by Crippen LogP contribution is 2.25. The lowest BCUT2D eigenvalue weighted by atomic mass is 10.2. The smallest absolute Gasteiger partial charge is 0.243 e.